The molecule has 3 heteroatoms. The van der Waals surface area contributed by atoms with Gasteiger partial charge in [-0.2, -0.15) is 11.8 Å². The molecule has 0 unspecified atom stereocenters. The van der Waals surface area contributed by atoms with E-state index in [0.717, 1.165) is 17.9 Å². The molecule has 1 rings (SSSR count). The minimum absolute atomic E-state index is 0.0998. The molecule has 0 aromatic rings. The maximum absolute atomic E-state index is 12.7. The van der Waals surface area contributed by atoms with Crippen LogP contribution in [0.1, 0.15) is 32.1 Å². The first-order valence-electron chi connectivity index (χ1n) is 4.89. The Morgan fingerprint density at radius 3 is 2.46 bits per heavy atom. The quantitative estimate of drug-likeness (QED) is 0.632. The molecule has 0 amide bonds. The maximum Gasteiger partial charge on any atom is 0.248 e. The summed E-state index contributed by atoms with van der Waals surface area (Å²) in [4.78, 5) is 0. The number of thioether (sulfide) groups is 1. The van der Waals surface area contributed by atoms with Gasteiger partial charge in [0.15, 0.2) is 0 Å². The lowest BCUT2D eigenvalue weighted by atomic mass is 9.88. The third kappa shape index (κ3) is 4.30. The highest BCUT2D eigenvalue weighted by atomic mass is 32.2. The third-order valence-electron chi connectivity index (χ3n) is 2.48. The van der Waals surface area contributed by atoms with Crippen molar-refractivity contribution in [2.24, 2.45) is 5.92 Å². The summed E-state index contributed by atoms with van der Waals surface area (Å²) in [7, 11) is 0. The van der Waals surface area contributed by atoms with E-state index in [4.69, 9.17) is 0 Å². The monoisotopic (exact) mass is 207 g/mol. The molecular weight excluding hydrogens is 190 g/mol. The number of hydrogen-bond donors (Lipinski definition) is 0. The highest BCUT2D eigenvalue weighted by Crippen LogP contribution is 2.37. The van der Waals surface area contributed by atoms with Gasteiger partial charge in [-0.1, -0.05) is 6.92 Å². The zero-order chi connectivity index (χ0) is 9.73. The van der Waals surface area contributed by atoms with Gasteiger partial charge in [0.2, 0.25) is 5.92 Å². The Kier molecular flexibility index (Phi) is 4.50. The van der Waals surface area contributed by atoms with Gasteiger partial charge in [0, 0.05) is 12.8 Å². The molecule has 1 aliphatic carbocycles. The van der Waals surface area contributed by atoms with Crippen LogP contribution in [0, 0.1) is 12.8 Å². The maximum atomic E-state index is 12.7. The molecule has 0 atom stereocenters. The molecule has 0 aromatic carbocycles. The van der Waals surface area contributed by atoms with Gasteiger partial charge < -0.3 is 0 Å². The van der Waals surface area contributed by atoms with Crippen molar-refractivity contribution in [1.82, 2.24) is 0 Å². The number of hydrogen-bond acceptors (Lipinski definition) is 1. The zero-order valence-electron chi connectivity index (χ0n) is 7.90. The lowest BCUT2D eigenvalue weighted by Gasteiger charge is -2.27. The highest BCUT2D eigenvalue weighted by molar-refractivity contribution is 7.99. The van der Waals surface area contributed by atoms with Gasteiger partial charge in [-0.25, -0.2) is 8.78 Å². The standard InChI is InChI=1S/C10H17F2S/c1-2-7-13-8-9-3-5-10(11,12)6-4-9/h9H,1-8H2. The molecule has 0 N–H and O–H groups in total. The molecule has 77 valence electrons. The van der Waals surface area contributed by atoms with Crippen molar-refractivity contribution in [3.8, 4) is 0 Å². The Balaban J connectivity index is 2.11. The van der Waals surface area contributed by atoms with E-state index in [1.165, 1.54) is 0 Å². The second kappa shape index (κ2) is 5.18. The smallest absolute Gasteiger partial charge is 0.207 e. The summed E-state index contributed by atoms with van der Waals surface area (Å²) in [5.41, 5.74) is 0. The Labute approximate surface area is 83.5 Å². The molecule has 0 nitrogen and oxygen atoms in total. The van der Waals surface area contributed by atoms with E-state index in [-0.39, 0.29) is 12.8 Å². The van der Waals surface area contributed by atoms with Crippen LogP contribution in [0.3, 0.4) is 0 Å². The largest absolute Gasteiger partial charge is 0.248 e. The van der Waals surface area contributed by atoms with Crippen LogP contribution < -0.4 is 0 Å². The lowest BCUT2D eigenvalue weighted by molar-refractivity contribution is -0.0433. The summed E-state index contributed by atoms with van der Waals surface area (Å²) >= 11 is 1.85. The van der Waals surface area contributed by atoms with Gasteiger partial charge in [-0.3, -0.25) is 0 Å². The Morgan fingerprint density at radius 2 is 1.92 bits per heavy atom. The summed E-state index contributed by atoms with van der Waals surface area (Å²) in [6, 6.07) is 0. The van der Waals surface area contributed by atoms with E-state index < -0.39 is 5.92 Å². The van der Waals surface area contributed by atoms with E-state index >= 15 is 0 Å². The molecule has 0 bridgehead atoms. The number of alkyl halides is 2. The fourth-order valence-corrected chi connectivity index (χ4v) is 2.66. The summed E-state index contributed by atoms with van der Waals surface area (Å²) in [6.07, 6.45) is 2.55. The third-order valence-corrected chi connectivity index (χ3v) is 3.76. The molecule has 1 aliphatic rings. The minimum atomic E-state index is -2.37. The Morgan fingerprint density at radius 1 is 1.31 bits per heavy atom. The van der Waals surface area contributed by atoms with Crippen LogP contribution in [-0.2, 0) is 0 Å². The fourth-order valence-electron chi connectivity index (χ4n) is 1.62. The zero-order valence-corrected chi connectivity index (χ0v) is 8.71. The molecule has 1 fully saturated rings. The van der Waals surface area contributed by atoms with Crippen molar-refractivity contribution in [1.29, 1.82) is 0 Å². The SMILES string of the molecule is [CH2]CCSCC1CCC(F)(F)CC1. The average molecular weight is 207 g/mol. The normalized spacial score (nSPS) is 23.3. The van der Waals surface area contributed by atoms with Crippen LogP contribution in [-0.4, -0.2) is 17.4 Å². The molecular formula is C10H17F2S. The van der Waals surface area contributed by atoms with Crippen molar-refractivity contribution < 1.29 is 8.78 Å². The molecule has 1 radical (unpaired) electrons. The summed E-state index contributed by atoms with van der Waals surface area (Å²) in [5, 5.41) is 0. The van der Waals surface area contributed by atoms with Crippen LogP contribution in [0.5, 0.6) is 0 Å². The predicted octanol–water partition coefficient (Wildman–Crippen LogP) is 3.77. The van der Waals surface area contributed by atoms with Crippen molar-refractivity contribution in [3.05, 3.63) is 6.92 Å². The lowest BCUT2D eigenvalue weighted by Crippen LogP contribution is -2.25. The van der Waals surface area contributed by atoms with Crippen molar-refractivity contribution in [3.63, 3.8) is 0 Å². The van der Waals surface area contributed by atoms with E-state index in [0.29, 0.717) is 18.8 Å². The van der Waals surface area contributed by atoms with Gasteiger partial charge in [0.1, 0.15) is 0 Å². The van der Waals surface area contributed by atoms with Crippen LogP contribution in [0.4, 0.5) is 8.78 Å². The van der Waals surface area contributed by atoms with E-state index in [1.54, 1.807) is 0 Å². The predicted molar refractivity (Wildman–Crippen MR) is 54.2 cm³/mol. The number of halogens is 2. The van der Waals surface area contributed by atoms with E-state index in [9.17, 15) is 8.78 Å². The molecule has 0 saturated heterocycles. The van der Waals surface area contributed by atoms with Gasteiger partial charge in [0.05, 0.1) is 0 Å². The van der Waals surface area contributed by atoms with E-state index in [2.05, 4.69) is 6.92 Å². The second-order valence-electron chi connectivity index (χ2n) is 3.73. The highest BCUT2D eigenvalue weighted by Gasteiger charge is 2.34. The van der Waals surface area contributed by atoms with Crippen molar-refractivity contribution >= 4 is 11.8 Å². The minimum Gasteiger partial charge on any atom is -0.207 e. The molecule has 13 heavy (non-hydrogen) atoms. The Bertz CT molecular complexity index is 138. The molecule has 0 heterocycles. The van der Waals surface area contributed by atoms with Gasteiger partial charge in [-0.15, -0.1) is 0 Å². The summed E-state index contributed by atoms with van der Waals surface area (Å²) in [5.74, 6) is 0.266. The molecule has 0 aliphatic heterocycles. The van der Waals surface area contributed by atoms with Crippen LogP contribution in [0.2, 0.25) is 0 Å². The van der Waals surface area contributed by atoms with Crippen molar-refractivity contribution in [2.75, 3.05) is 11.5 Å². The first-order chi connectivity index (χ1) is 6.14. The average Bonchev–Trinajstić information content (AvgIpc) is 2.08. The fraction of sp³-hybridized carbons (Fsp3) is 0.900. The molecule has 1 saturated carbocycles. The van der Waals surface area contributed by atoms with Gasteiger partial charge in [-0.05, 0) is 36.7 Å². The summed E-state index contributed by atoms with van der Waals surface area (Å²) in [6.45, 7) is 3.75. The van der Waals surface area contributed by atoms with Crippen molar-refractivity contribution in [2.45, 2.75) is 38.0 Å². The van der Waals surface area contributed by atoms with Crippen LogP contribution in [0.15, 0.2) is 0 Å². The van der Waals surface area contributed by atoms with Crippen LogP contribution in [0.25, 0.3) is 0 Å². The van der Waals surface area contributed by atoms with Gasteiger partial charge >= 0.3 is 0 Å². The number of rotatable bonds is 4. The molecule has 0 spiro atoms. The van der Waals surface area contributed by atoms with Crippen LogP contribution >= 0.6 is 11.8 Å². The topological polar surface area (TPSA) is 0 Å². The summed E-state index contributed by atoms with van der Waals surface area (Å²) < 4.78 is 25.5. The Hall–Kier alpha value is 0.210. The molecule has 0 aromatic heterocycles. The van der Waals surface area contributed by atoms with Gasteiger partial charge in [0.25, 0.3) is 0 Å². The second-order valence-corrected chi connectivity index (χ2v) is 4.88. The first kappa shape index (κ1) is 11.3. The van der Waals surface area contributed by atoms with E-state index in [1.807, 2.05) is 11.8 Å². The first-order valence-corrected chi connectivity index (χ1v) is 6.04.